The van der Waals surface area contributed by atoms with Crippen molar-refractivity contribution in [2.75, 3.05) is 7.05 Å². The lowest BCUT2D eigenvalue weighted by atomic mass is 10.2. The van der Waals surface area contributed by atoms with Gasteiger partial charge in [-0.05, 0) is 25.5 Å². The number of aromatic nitrogens is 2. The number of nitrogens with zero attached hydrogens (tertiary/aromatic N) is 2. The van der Waals surface area contributed by atoms with Gasteiger partial charge in [-0.25, -0.2) is 4.79 Å². The Morgan fingerprint density at radius 3 is 2.42 bits per heavy atom. The highest BCUT2D eigenvalue weighted by atomic mass is 16.2. The fourth-order valence-electron chi connectivity index (χ4n) is 2.32. The molecule has 2 aromatic rings. The van der Waals surface area contributed by atoms with E-state index < -0.39 is 0 Å². The van der Waals surface area contributed by atoms with Gasteiger partial charge in [0, 0.05) is 26.6 Å². The molecule has 0 saturated carbocycles. The molecule has 2 rings (SSSR count). The number of rotatable bonds is 5. The summed E-state index contributed by atoms with van der Waals surface area (Å²) in [7, 11) is 1.62. The van der Waals surface area contributed by atoms with E-state index >= 15 is 0 Å². The van der Waals surface area contributed by atoms with E-state index in [-0.39, 0.29) is 11.6 Å². The van der Waals surface area contributed by atoms with Gasteiger partial charge < -0.3 is 5.32 Å². The van der Waals surface area contributed by atoms with Crippen LogP contribution in [-0.4, -0.2) is 22.1 Å². The number of imidazole rings is 1. The second kappa shape index (κ2) is 5.73. The largest absolute Gasteiger partial charge is 0.359 e. The number of amides is 1. The van der Waals surface area contributed by atoms with Crippen molar-refractivity contribution < 1.29 is 4.79 Å². The van der Waals surface area contributed by atoms with Crippen LogP contribution < -0.4 is 11.0 Å². The fraction of sp³-hybridized carbons (Fsp3) is 0.429. The molecule has 5 nitrogen and oxygen atoms in total. The van der Waals surface area contributed by atoms with E-state index in [0.717, 1.165) is 11.0 Å². The molecule has 0 bridgehead atoms. The van der Waals surface area contributed by atoms with Crippen molar-refractivity contribution in [1.29, 1.82) is 0 Å². The summed E-state index contributed by atoms with van der Waals surface area (Å²) in [6.07, 6.45) is 1.10. The molecule has 0 aliphatic carbocycles. The number of aryl methyl sites for hydroxylation is 2. The lowest BCUT2D eigenvalue weighted by Crippen LogP contribution is -2.25. The van der Waals surface area contributed by atoms with Gasteiger partial charge in [0.05, 0.1) is 11.0 Å². The quantitative estimate of drug-likeness (QED) is 0.883. The molecule has 1 aromatic heterocycles. The van der Waals surface area contributed by atoms with Crippen molar-refractivity contribution in [3.8, 4) is 0 Å². The first-order chi connectivity index (χ1) is 9.19. The summed E-state index contributed by atoms with van der Waals surface area (Å²) in [5, 5.41) is 2.59. The fourth-order valence-corrected chi connectivity index (χ4v) is 2.32. The van der Waals surface area contributed by atoms with E-state index in [2.05, 4.69) is 5.32 Å². The van der Waals surface area contributed by atoms with Crippen LogP contribution in [0.2, 0.25) is 0 Å². The molecular formula is C14H19N3O2. The summed E-state index contributed by atoms with van der Waals surface area (Å²) in [6.45, 7) is 3.18. The van der Waals surface area contributed by atoms with Crippen molar-refractivity contribution in [1.82, 2.24) is 14.5 Å². The van der Waals surface area contributed by atoms with Gasteiger partial charge in [0.1, 0.15) is 0 Å². The first-order valence-corrected chi connectivity index (χ1v) is 6.57. The third-order valence-corrected chi connectivity index (χ3v) is 3.31. The highest BCUT2D eigenvalue weighted by molar-refractivity contribution is 5.76. The maximum atomic E-state index is 12.3. The van der Waals surface area contributed by atoms with Crippen LogP contribution in [0, 0.1) is 0 Å². The van der Waals surface area contributed by atoms with Crippen LogP contribution in [0.15, 0.2) is 29.1 Å². The molecule has 0 spiro atoms. The van der Waals surface area contributed by atoms with E-state index in [1.165, 1.54) is 0 Å². The van der Waals surface area contributed by atoms with Crippen LogP contribution in [0.1, 0.15) is 19.8 Å². The van der Waals surface area contributed by atoms with Crippen molar-refractivity contribution >= 4 is 16.9 Å². The van der Waals surface area contributed by atoms with E-state index in [0.29, 0.717) is 25.9 Å². The van der Waals surface area contributed by atoms with Gasteiger partial charge in [0.15, 0.2) is 0 Å². The second-order valence-electron chi connectivity index (χ2n) is 4.44. The molecule has 0 unspecified atom stereocenters. The monoisotopic (exact) mass is 261 g/mol. The summed E-state index contributed by atoms with van der Waals surface area (Å²) in [5.41, 5.74) is 1.89. The molecule has 1 aromatic carbocycles. The molecule has 0 aliphatic rings. The third kappa shape index (κ3) is 2.54. The summed E-state index contributed by atoms with van der Waals surface area (Å²) >= 11 is 0. The Bertz CT molecular complexity index is 640. The minimum absolute atomic E-state index is 0.000562. The summed E-state index contributed by atoms with van der Waals surface area (Å²) < 4.78 is 3.51. The lowest BCUT2D eigenvalue weighted by molar-refractivity contribution is -0.120. The zero-order valence-corrected chi connectivity index (χ0v) is 11.3. The maximum Gasteiger partial charge on any atom is 0.329 e. The first kappa shape index (κ1) is 13.4. The number of fused-ring (bicyclic) bond motifs is 1. The highest BCUT2D eigenvalue weighted by Gasteiger charge is 2.11. The van der Waals surface area contributed by atoms with Gasteiger partial charge in [0.2, 0.25) is 5.91 Å². The minimum Gasteiger partial charge on any atom is -0.359 e. The number of hydrogen-bond donors (Lipinski definition) is 1. The number of hydrogen-bond acceptors (Lipinski definition) is 2. The van der Waals surface area contributed by atoms with Crippen molar-refractivity contribution in [2.24, 2.45) is 0 Å². The number of carbonyl (C=O) groups is 1. The molecule has 0 aliphatic heterocycles. The lowest BCUT2D eigenvalue weighted by Gasteiger charge is -2.02. The molecular weight excluding hydrogens is 242 g/mol. The van der Waals surface area contributed by atoms with Crippen molar-refractivity contribution in [3.63, 3.8) is 0 Å². The van der Waals surface area contributed by atoms with Gasteiger partial charge in [-0.2, -0.15) is 0 Å². The van der Waals surface area contributed by atoms with Crippen molar-refractivity contribution in [2.45, 2.75) is 32.9 Å². The van der Waals surface area contributed by atoms with Crippen LogP contribution in [0.5, 0.6) is 0 Å². The summed E-state index contributed by atoms with van der Waals surface area (Å²) in [4.78, 5) is 23.5. The Hall–Kier alpha value is -2.04. The van der Waals surface area contributed by atoms with Crippen LogP contribution in [0.4, 0.5) is 0 Å². The van der Waals surface area contributed by atoms with Gasteiger partial charge in [-0.3, -0.25) is 13.9 Å². The molecule has 1 heterocycles. The second-order valence-corrected chi connectivity index (χ2v) is 4.44. The van der Waals surface area contributed by atoms with Gasteiger partial charge in [-0.15, -0.1) is 0 Å². The van der Waals surface area contributed by atoms with Gasteiger partial charge in [-0.1, -0.05) is 12.1 Å². The molecule has 102 valence electrons. The van der Waals surface area contributed by atoms with Crippen LogP contribution in [0.3, 0.4) is 0 Å². The Morgan fingerprint density at radius 1 is 1.21 bits per heavy atom. The standard InChI is InChI=1S/C14H19N3O2/c1-3-16-11-7-4-5-8-12(11)17(14(16)19)10-6-9-13(18)15-2/h4-5,7-8H,3,6,9-10H2,1-2H3,(H,15,18). The molecule has 0 saturated heterocycles. The van der Waals surface area contributed by atoms with Crippen LogP contribution in [-0.2, 0) is 17.9 Å². The molecule has 1 amide bonds. The van der Waals surface area contributed by atoms with Crippen LogP contribution in [0.25, 0.3) is 11.0 Å². The van der Waals surface area contributed by atoms with Gasteiger partial charge >= 0.3 is 5.69 Å². The Morgan fingerprint density at radius 2 is 1.84 bits per heavy atom. The molecule has 19 heavy (non-hydrogen) atoms. The Kier molecular flexibility index (Phi) is 4.04. The Labute approximate surface area is 111 Å². The molecule has 0 atom stereocenters. The summed E-state index contributed by atoms with van der Waals surface area (Å²) in [6, 6.07) is 7.76. The number of benzene rings is 1. The molecule has 0 radical (unpaired) electrons. The normalized spacial score (nSPS) is 10.8. The smallest absolute Gasteiger partial charge is 0.329 e. The van der Waals surface area contributed by atoms with Crippen molar-refractivity contribution in [3.05, 3.63) is 34.7 Å². The predicted octanol–water partition coefficient (Wildman–Crippen LogP) is 1.35. The number of carbonyl (C=O) groups excluding carboxylic acids is 1. The predicted molar refractivity (Wildman–Crippen MR) is 75.2 cm³/mol. The maximum absolute atomic E-state index is 12.3. The minimum atomic E-state index is 0.000562. The zero-order chi connectivity index (χ0) is 13.8. The van der Waals surface area contributed by atoms with Gasteiger partial charge in [0.25, 0.3) is 0 Å². The summed E-state index contributed by atoms with van der Waals surface area (Å²) in [5.74, 6) is 0.00674. The van der Waals surface area contributed by atoms with E-state index in [1.807, 2.05) is 31.2 Å². The third-order valence-electron chi connectivity index (χ3n) is 3.31. The molecule has 0 fully saturated rings. The zero-order valence-electron chi connectivity index (χ0n) is 11.3. The average molecular weight is 261 g/mol. The highest BCUT2D eigenvalue weighted by Crippen LogP contribution is 2.13. The average Bonchev–Trinajstić information content (AvgIpc) is 2.71. The number of para-hydroxylation sites is 2. The van der Waals surface area contributed by atoms with E-state index in [9.17, 15) is 9.59 Å². The molecule has 1 N–H and O–H groups in total. The first-order valence-electron chi connectivity index (χ1n) is 6.57. The molecule has 5 heteroatoms. The topological polar surface area (TPSA) is 56.0 Å². The number of nitrogens with one attached hydrogen (secondary N) is 1. The Balaban J connectivity index is 2.30. The van der Waals surface area contributed by atoms with E-state index in [4.69, 9.17) is 0 Å². The van der Waals surface area contributed by atoms with Crippen LogP contribution >= 0.6 is 0 Å². The SMILES string of the molecule is CCn1c(=O)n(CCCC(=O)NC)c2ccccc21. The van der Waals surface area contributed by atoms with E-state index in [1.54, 1.807) is 16.2 Å².